The highest BCUT2D eigenvalue weighted by Gasteiger charge is 2.09. The normalized spacial score (nSPS) is 10.4. The van der Waals surface area contributed by atoms with E-state index in [2.05, 4.69) is 0 Å². The number of benzene rings is 2. The summed E-state index contributed by atoms with van der Waals surface area (Å²) in [6.45, 7) is 0.175. The van der Waals surface area contributed by atoms with Crippen molar-refractivity contribution >= 4 is 34.5 Å². The van der Waals surface area contributed by atoms with Gasteiger partial charge in [0.2, 0.25) is 0 Å². The highest BCUT2D eigenvalue weighted by molar-refractivity contribution is 14.1. The van der Waals surface area contributed by atoms with Gasteiger partial charge in [-0.25, -0.2) is 9.59 Å². The Labute approximate surface area is 141 Å². The highest BCUT2D eigenvalue weighted by Crippen LogP contribution is 2.12. The fraction of sp³-hybridized carbons (Fsp3) is 0.0588. The summed E-state index contributed by atoms with van der Waals surface area (Å²) >= 11 is 2.04. The molecule has 4 nitrogen and oxygen atoms in total. The Morgan fingerprint density at radius 1 is 1.00 bits per heavy atom. The molecule has 0 heterocycles. The number of esters is 2. The van der Waals surface area contributed by atoms with Crippen LogP contribution in [0.5, 0.6) is 0 Å². The smallest absolute Gasteiger partial charge is 0.344 e. The molecule has 0 atom stereocenters. The molecule has 0 radical (unpaired) electrons. The van der Waals surface area contributed by atoms with Crippen LogP contribution in [0, 0.1) is 3.57 Å². The fourth-order valence-electron chi connectivity index (χ4n) is 1.62. The lowest BCUT2D eigenvalue weighted by Crippen LogP contribution is -2.04. The third-order valence-electron chi connectivity index (χ3n) is 2.70. The fourth-order valence-corrected chi connectivity index (χ4v) is 2.23. The molecule has 0 saturated heterocycles. The Bertz CT molecular complexity index is 680. The second-order valence-electron chi connectivity index (χ2n) is 4.28. The van der Waals surface area contributed by atoms with Gasteiger partial charge in [0.25, 0.3) is 0 Å². The van der Waals surface area contributed by atoms with E-state index in [0.717, 1.165) is 21.5 Å². The van der Waals surface area contributed by atoms with Gasteiger partial charge in [-0.2, -0.15) is 0 Å². The van der Waals surface area contributed by atoms with E-state index in [1.807, 2.05) is 59.0 Å². The first kappa shape index (κ1) is 16.2. The Kier molecular flexibility index (Phi) is 6.14. The zero-order chi connectivity index (χ0) is 15.8. The minimum atomic E-state index is -0.570. The molecule has 112 valence electrons. The van der Waals surface area contributed by atoms with E-state index in [9.17, 15) is 9.59 Å². The predicted molar refractivity (Wildman–Crippen MR) is 90.0 cm³/mol. The molecule has 0 spiro atoms. The van der Waals surface area contributed by atoms with E-state index in [1.165, 1.54) is 0 Å². The molecule has 0 aromatic heterocycles. The van der Waals surface area contributed by atoms with Crippen LogP contribution in [0.2, 0.25) is 0 Å². The molecule has 5 heteroatoms. The van der Waals surface area contributed by atoms with Crippen molar-refractivity contribution in [3.63, 3.8) is 0 Å². The Morgan fingerprint density at radius 3 is 2.41 bits per heavy atom. The lowest BCUT2D eigenvalue weighted by Gasteiger charge is -2.02. The van der Waals surface area contributed by atoms with Gasteiger partial charge in [-0.15, -0.1) is 0 Å². The summed E-state index contributed by atoms with van der Waals surface area (Å²) in [5.74, 6) is -1.09. The van der Waals surface area contributed by atoms with Crippen LogP contribution in [0.4, 0.5) is 0 Å². The van der Waals surface area contributed by atoms with E-state index in [-0.39, 0.29) is 6.61 Å². The summed E-state index contributed by atoms with van der Waals surface area (Å²) in [5.41, 5.74) is 1.34. The zero-order valence-corrected chi connectivity index (χ0v) is 13.7. The molecule has 0 fully saturated rings. The van der Waals surface area contributed by atoms with Crippen molar-refractivity contribution < 1.29 is 19.1 Å². The maximum atomic E-state index is 11.8. The van der Waals surface area contributed by atoms with Gasteiger partial charge in [0.15, 0.2) is 0 Å². The monoisotopic (exact) mass is 408 g/mol. The first-order chi connectivity index (χ1) is 10.7. The van der Waals surface area contributed by atoms with Crippen molar-refractivity contribution in [2.75, 3.05) is 0 Å². The Morgan fingerprint density at radius 2 is 1.68 bits per heavy atom. The van der Waals surface area contributed by atoms with E-state index in [4.69, 9.17) is 9.47 Å². The zero-order valence-electron chi connectivity index (χ0n) is 11.6. The molecule has 2 rings (SSSR count). The first-order valence-corrected chi connectivity index (χ1v) is 7.57. The summed E-state index contributed by atoms with van der Waals surface area (Å²) in [6.07, 6.45) is 2.12. The molecule has 0 saturated carbocycles. The number of hydrogen-bond acceptors (Lipinski definition) is 4. The van der Waals surface area contributed by atoms with Crippen molar-refractivity contribution in [2.24, 2.45) is 0 Å². The molecule has 0 aliphatic rings. The van der Waals surface area contributed by atoms with Gasteiger partial charge in [-0.1, -0.05) is 42.5 Å². The predicted octanol–water partition coefficient (Wildman–Crippen LogP) is 3.71. The highest BCUT2D eigenvalue weighted by atomic mass is 127. The molecule has 0 bridgehead atoms. The third kappa shape index (κ3) is 5.00. The van der Waals surface area contributed by atoms with Crippen molar-refractivity contribution in [2.45, 2.75) is 6.61 Å². The summed E-state index contributed by atoms with van der Waals surface area (Å²) in [4.78, 5) is 23.3. The average molecular weight is 408 g/mol. The summed E-state index contributed by atoms with van der Waals surface area (Å²) in [6, 6.07) is 16.4. The van der Waals surface area contributed by atoms with Gasteiger partial charge in [-0.05, 0) is 40.3 Å². The number of halogens is 1. The summed E-state index contributed by atoms with van der Waals surface area (Å²) < 4.78 is 10.7. The second kappa shape index (κ2) is 8.33. The standard InChI is InChI=1S/C17H13IO4/c18-15-9-5-4-8-14(15)17(20)21-11-10-16(19)22-12-13-6-2-1-3-7-13/h1-11H,12H2/b11-10+. The molecular weight excluding hydrogens is 395 g/mol. The average Bonchev–Trinajstić information content (AvgIpc) is 2.54. The number of carbonyl (C=O) groups excluding carboxylic acids is 2. The molecule has 0 unspecified atom stereocenters. The van der Waals surface area contributed by atoms with E-state index >= 15 is 0 Å². The second-order valence-corrected chi connectivity index (χ2v) is 5.44. The van der Waals surface area contributed by atoms with Gasteiger partial charge < -0.3 is 9.47 Å². The summed E-state index contributed by atoms with van der Waals surface area (Å²) in [5, 5.41) is 0. The maximum Gasteiger partial charge on any atom is 0.344 e. The van der Waals surface area contributed by atoms with Gasteiger partial charge in [0.1, 0.15) is 12.9 Å². The molecule has 0 amide bonds. The van der Waals surface area contributed by atoms with Crippen LogP contribution in [0.3, 0.4) is 0 Å². The molecule has 22 heavy (non-hydrogen) atoms. The van der Waals surface area contributed by atoms with Gasteiger partial charge in [-0.3, -0.25) is 0 Å². The quantitative estimate of drug-likeness (QED) is 0.328. The largest absolute Gasteiger partial charge is 0.458 e. The van der Waals surface area contributed by atoms with Crippen molar-refractivity contribution in [3.05, 3.63) is 81.6 Å². The van der Waals surface area contributed by atoms with Crippen LogP contribution in [-0.4, -0.2) is 11.9 Å². The van der Waals surface area contributed by atoms with Crippen LogP contribution < -0.4 is 0 Å². The summed E-state index contributed by atoms with van der Waals surface area (Å²) in [7, 11) is 0. The number of ether oxygens (including phenoxy) is 2. The maximum absolute atomic E-state index is 11.8. The number of hydrogen-bond donors (Lipinski definition) is 0. The van der Waals surface area contributed by atoms with Crippen molar-refractivity contribution in [3.8, 4) is 0 Å². The van der Waals surface area contributed by atoms with Crippen molar-refractivity contribution in [1.82, 2.24) is 0 Å². The van der Waals surface area contributed by atoms with Gasteiger partial charge >= 0.3 is 11.9 Å². The topological polar surface area (TPSA) is 52.6 Å². The minimum absolute atomic E-state index is 0.175. The molecule has 0 N–H and O–H groups in total. The van der Waals surface area contributed by atoms with Crippen LogP contribution in [0.25, 0.3) is 0 Å². The molecule has 0 aliphatic heterocycles. The molecule has 2 aromatic carbocycles. The lowest BCUT2D eigenvalue weighted by atomic mass is 10.2. The first-order valence-electron chi connectivity index (χ1n) is 6.49. The Hall–Kier alpha value is -2.15. The van der Waals surface area contributed by atoms with Crippen LogP contribution in [0.15, 0.2) is 66.9 Å². The lowest BCUT2D eigenvalue weighted by molar-refractivity contribution is -0.139. The van der Waals surface area contributed by atoms with Crippen LogP contribution >= 0.6 is 22.6 Å². The molecular formula is C17H13IO4. The number of carbonyl (C=O) groups is 2. The molecule has 2 aromatic rings. The Balaban J connectivity index is 1.81. The van der Waals surface area contributed by atoms with E-state index in [1.54, 1.807) is 18.2 Å². The van der Waals surface area contributed by atoms with Gasteiger partial charge in [0, 0.05) is 3.57 Å². The minimum Gasteiger partial charge on any atom is -0.458 e. The van der Waals surface area contributed by atoms with Crippen molar-refractivity contribution in [1.29, 1.82) is 0 Å². The van der Waals surface area contributed by atoms with E-state index < -0.39 is 11.9 Å². The SMILES string of the molecule is O=C(/C=C/OC(=O)c1ccccc1I)OCc1ccccc1. The number of rotatable bonds is 5. The van der Waals surface area contributed by atoms with Gasteiger partial charge in [0.05, 0.1) is 11.6 Å². The molecule has 0 aliphatic carbocycles. The third-order valence-corrected chi connectivity index (χ3v) is 3.64. The van der Waals surface area contributed by atoms with Crippen LogP contribution in [0.1, 0.15) is 15.9 Å². The van der Waals surface area contributed by atoms with Crippen LogP contribution in [-0.2, 0) is 20.9 Å². The van der Waals surface area contributed by atoms with E-state index in [0.29, 0.717) is 5.56 Å².